The highest BCUT2D eigenvalue weighted by atomic mass is 35.5. The number of ether oxygens (including phenoxy) is 1. The Morgan fingerprint density at radius 1 is 1.05 bits per heavy atom. The van der Waals surface area contributed by atoms with Crippen LogP contribution in [-0.2, 0) is 10.1 Å². The van der Waals surface area contributed by atoms with Gasteiger partial charge >= 0.3 is 0 Å². The molecule has 196 valence electrons. The molecular weight excluding hydrogens is 553 g/mol. The molecule has 9 nitrogen and oxygen atoms in total. The van der Waals surface area contributed by atoms with Crippen LogP contribution in [-0.4, -0.2) is 30.6 Å². The average molecular weight is 574 g/mol. The molecule has 0 aliphatic carbocycles. The van der Waals surface area contributed by atoms with Gasteiger partial charge in [0.2, 0.25) is 0 Å². The van der Waals surface area contributed by atoms with Gasteiger partial charge in [0.25, 0.3) is 16.0 Å². The van der Waals surface area contributed by atoms with Gasteiger partial charge in [0.1, 0.15) is 17.1 Å². The van der Waals surface area contributed by atoms with Crippen molar-refractivity contribution in [3.63, 3.8) is 0 Å². The van der Waals surface area contributed by atoms with Crippen molar-refractivity contribution in [2.24, 2.45) is 10.2 Å². The molecule has 4 aromatic rings. The summed E-state index contributed by atoms with van der Waals surface area (Å²) in [6, 6.07) is 15.4. The molecule has 0 aliphatic rings. The predicted octanol–water partition coefficient (Wildman–Crippen LogP) is 7.47. The highest BCUT2D eigenvalue weighted by molar-refractivity contribution is 7.85. The summed E-state index contributed by atoms with van der Waals surface area (Å²) in [5.41, 5.74) is 0.442. The third kappa shape index (κ3) is 5.73. The number of nitrogens with one attached hydrogen (secondary N) is 1. The molecule has 0 heterocycles. The van der Waals surface area contributed by atoms with Gasteiger partial charge < -0.3 is 15.2 Å². The highest BCUT2D eigenvalue weighted by Gasteiger charge is 2.20. The first-order valence-corrected chi connectivity index (χ1v) is 13.4. The summed E-state index contributed by atoms with van der Waals surface area (Å²) in [5.74, 6) is -0.581. The largest absolute Gasteiger partial charge is 0.505 e. The number of azo groups is 1. The van der Waals surface area contributed by atoms with E-state index in [1.54, 1.807) is 49.4 Å². The smallest absolute Gasteiger partial charge is 0.294 e. The van der Waals surface area contributed by atoms with Crippen molar-refractivity contribution in [2.75, 3.05) is 11.9 Å². The number of carbonyl (C=O) groups is 1. The number of nitrogens with zero attached hydrogens (tertiary/aromatic N) is 2. The monoisotopic (exact) mass is 573 g/mol. The second-order valence-electron chi connectivity index (χ2n) is 8.12. The van der Waals surface area contributed by atoms with Crippen LogP contribution in [0.15, 0.2) is 75.8 Å². The van der Waals surface area contributed by atoms with Gasteiger partial charge in [-0.3, -0.25) is 9.35 Å². The topological polar surface area (TPSA) is 138 Å². The number of benzene rings is 4. The van der Waals surface area contributed by atoms with Gasteiger partial charge in [0.05, 0.1) is 32.8 Å². The lowest BCUT2D eigenvalue weighted by Crippen LogP contribution is -2.12. The zero-order valence-electron chi connectivity index (χ0n) is 20.1. The minimum atomic E-state index is -4.53. The number of halogens is 2. The average Bonchev–Trinajstić information content (AvgIpc) is 2.86. The molecule has 0 bridgehead atoms. The zero-order chi connectivity index (χ0) is 27.6. The highest BCUT2D eigenvalue weighted by Crippen LogP contribution is 2.41. The van der Waals surface area contributed by atoms with E-state index in [1.165, 1.54) is 12.1 Å². The third-order valence-electron chi connectivity index (χ3n) is 5.50. The fourth-order valence-electron chi connectivity index (χ4n) is 3.68. The lowest BCUT2D eigenvalue weighted by molar-refractivity contribution is 0.102. The second-order valence-corrected chi connectivity index (χ2v) is 10.3. The molecule has 0 saturated heterocycles. The van der Waals surface area contributed by atoms with E-state index in [1.807, 2.05) is 6.92 Å². The van der Waals surface area contributed by atoms with Gasteiger partial charge in [-0.15, -0.1) is 10.2 Å². The number of rotatable bonds is 7. The predicted molar refractivity (Wildman–Crippen MR) is 146 cm³/mol. The molecule has 12 heteroatoms. The number of phenolic OH excluding ortho intramolecular Hbond substituents is 1. The number of aryl methyl sites for hydroxylation is 1. The molecule has 0 atom stereocenters. The molecule has 0 saturated carbocycles. The number of carbonyl (C=O) groups excluding carboxylic acids is 1. The number of hydrogen-bond donors (Lipinski definition) is 3. The van der Waals surface area contributed by atoms with Crippen LogP contribution in [0.5, 0.6) is 11.5 Å². The molecular formula is C26H21Cl2N3O6S. The lowest BCUT2D eigenvalue weighted by Gasteiger charge is -2.13. The maximum atomic E-state index is 13.2. The van der Waals surface area contributed by atoms with Gasteiger partial charge in [0.15, 0.2) is 5.75 Å². The van der Waals surface area contributed by atoms with Crippen LogP contribution in [0, 0.1) is 6.92 Å². The first kappa shape index (κ1) is 27.3. The van der Waals surface area contributed by atoms with Crippen LogP contribution in [0.1, 0.15) is 22.8 Å². The number of fused-ring (bicyclic) bond motifs is 1. The SMILES string of the molecule is CCOc1ccc(NC(=O)c2cc3ccccc3c(N=Nc3cc(S(=O)(=O)O)cc(C)c3Cl)c2O)c(Cl)c1. The summed E-state index contributed by atoms with van der Waals surface area (Å²) in [4.78, 5) is 12.8. The van der Waals surface area contributed by atoms with E-state index in [2.05, 4.69) is 15.5 Å². The molecule has 3 N–H and O–H groups in total. The molecule has 0 fully saturated rings. The van der Waals surface area contributed by atoms with Crippen LogP contribution in [0.2, 0.25) is 10.0 Å². The quantitative estimate of drug-likeness (QED) is 0.155. The van der Waals surface area contributed by atoms with E-state index in [9.17, 15) is 22.9 Å². The van der Waals surface area contributed by atoms with E-state index in [0.29, 0.717) is 34.4 Å². The standard InChI is InChI=1S/C26H21Cl2N3O6S/c1-3-37-16-8-9-21(20(27)12-16)29-26(33)19-11-15-6-4-5-7-18(15)24(25(19)32)31-30-22-13-17(38(34,35)36)10-14(2)23(22)28/h4-13,32H,3H2,1-2H3,(H,29,33)(H,34,35,36). The lowest BCUT2D eigenvalue weighted by atomic mass is 10.0. The van der Waals surface area contributed by atoms with Crippen molar-refractivity contribution in [2.45, 2.75) is 18.7 Å². The van der Waals surface area contributed by atoms with E-state index in [-0.39, 0.29) is 27.0 Å². The Morgan fingerprint density at radius 3 is 2.47 bits per heavy atom. The molecule has 1 amide bonds. The van der Waals surface area contributed by atoms with Crippen LogP contribution in [0.25, 0.3) is 10.8 Å². The van der Waals surface area contributed by atoms with Crippen LogP contribution in [0.4, 0.5) is 17.1 Å². The molecule has 0 spiro atoms. The molecule has 4 rings (SSSR count). The number of amides is 1. The molecule has 0 aromatic heterocycles. The van der Waals surface area contributed by atoms with Crippen LogP contribution < -0.4 is 10.1 Å². The fourth-order valence-corrected chi connectivity index (χ4v) is 4.63. The Balaban J connectivity index is 1.78. The second kappa shape index (κ2) is 11.0. The van der Waals surface area contributed by atoms with Crippen LogP contribution >= 0.6 is 23.2 Å². The Kier molecular flexibility index (Phi) is 7.89. The Bertz CT molecular complexity index is 1710. The number of phenols is 1. The Hall–Kier alpha value is -3.70. The molecule has 38 heavy (non-hydrogen) atoms. The summed E-state index contributed by atoms with van der Waals surface area (Å²) >= 11 is 12.6. The molecule has 0 aliphatic heterocycles. The summed E-state index contributed by atoms with van der Waals surface area (Å²) in [7, 11) is -4.53. The summed E-state index contributed by atoms with van der Waals surface area (Å²) in [5, 5.41) is 23.3. The maximum absolute atomic E-state index is 13.2. The van der Waals surface area contributed by atoms with E-state index in [4.69, 9.17) is 27.9 Å². The molecule has 0 radical (unpaired) electrons. The normalized spacial score (nSPS) is 11.7. The van der Waals surface area contributed by atoms with Crippen molar-refractivity contribution in [3.05, 3.63) is 81.8 Å². The van der Waals surface area contributed by atoms with Crippen molar-refractivity contribution in [1.29, 1.82) is 0 Å². The van der Waals surface area contributed by atoms with Gasteiger partial charge in [-0.2, -0.15) is 8.42 Å². The number of aromatic hydroxyl groups is 1. The maximum Gasteiger partial charge on any atom is 0.294 e. The van der Waals surface area contributed by atoms with Crippen molar-refractivity contribution < 1.29 is 27.6 Å². The first-order chi connectivity index (χ1) is 18.0. The number of hydrogen-bond acceptors (Lipinski definition) is 7. The van der Waals surface area contributed by atoms with E-state index < -0.39 is 26.7 Å². The fraction of sp³-hybridized carbons (Fsp3) is 0.115. The van der Waals surface area contributed by atoms with Crippen molar-refractivity contribution in [1.82, 2.24) is 0 Å². The first-order valence-electron chi connectivity index (χ1n) is 11.2. The molecule has 4 aromatic carbocycles. The Labute approximate surface area is 228 Å². The van der Waals surface area contributed by atoms with E-state index >= 15 is 0 Å². The van der Waals surface area contributed by atoms with Crippen molar-refractivity contribution in [3.8, 4) is 11.5 Å². The van der Waals surface area contributed by atoms with E-state index in [0.717, 1.165) is 6.07 Å². The summed E-state index contributed by atoms with van der Waals surface area (Å²) in [6.07, 6.45) is 0. The van der Waals surface area contributed by atoms with Gasteiger partial charge in [-0.1, -0.05) is 47.5 Å². The zero-order valence-corrected chi connectivity index (χ0v) is 22.4. The van der Waals surface area contributed by atoms with Crippen LogP contribution in [0.3, 0.4) is 0 Å². The van der Waals surface area contributed by atoms with Crippen molar-refractivity contribution >= 4 is 67.1 Å². The third-order valence-corrected chi connectivity index (χ3v) is 7.14. The van der Waals surface area contributed by atoms with Gasteiger partial charge in [-0.05, 0) is 55.1 Å². The minimum Gasteiger partial charge on any atom is -0.505 e. The Morgan fingerprint density at radius 2 is 1.79 bits per heavy atom. The minimum absolute atomic E-state index is 0.0444. The van der Waals surface area contributed by atoms with Gasteiger partial charge in [0, 0.05) is 11.5 Å². The van der Waals surface area contributed by atoms with Gasteiger partial charge in [-0.25, -0.2) is 0 Å². The summed E-state index contributed by atoms with van der Waals surface area (Å²) < 4.78 is 38.1. The number of anilines is 1. The summed E-state index contributed by atoms with van der Waals surface area (Å²) in [6.45, 7) is 3.83. The molecule has 0 unspecified atom stereocenters.